The molecule has 0 unspecified atom stereocenters. The standard InChI is InChI=1S/C16H11ClN2S/c1-10-5-4-8-14-15(10)19-9-13(18-16(19)20-14)11-6-2-3-7-12(11)17/h2-9H,1H3. The van der Waals surface area contributed by atoms with E-state index in [1.807, 2.05) is 24.3 Å². The van der Waals surface area contributed by atoms with E-state index < -0.39 is 0 Å². The topological polar surface area (TPSA) is 17.3 Å². The number of aryl methyl sites for hydroxylation is 1. The Hall–Kier alpha value is -1.84. The summed E-state index contributed by atoms with van der Waals surface area (Å²) in [7, 11) is 0. The molecule has 0 N–H and O–H groups in total. The minimum Gasteiger partial charge on any atom is -0.289 e. The summed E-state index contributed by atoms with van der Waals surface area (Å²) in [5, 5.41) is 0.735. The summed E-state index contributed by atoms with van der Waals surface area (Å²) >= 11 is 7.96. The molecule has 4 heteroatoms. The Bertz CT molecular complexity index is 936. The number of nitrogens with zero attached hydrogens (tertiary/aromatic N) is 2. The molecule has 0 atom stereocenters. The van der Waals surface area contributed by atoms with E-state index in [-0.39, 0.29) is 0 Å². The number of para-hydroxylation sites is 1. The SMILES string of the molecule is Cc1cccc2sc3nc(-c4ccccc4Cl)cn3c12. The van der Waals surface area contributed by atoms with Gasteiger partial charge in [0.1, 0.15) is 0 Å². The van der Waals surface area contributed by atoms with Crippen molar-refractivity contribution in [1.82, 2.24) is 9.38 Å². The summed E-state index contributed by atoms with van der Waals surface area (Å²) in [4.78, 5) is 5.72. The van der Waals surface area contributed by atoms with Gasteiger partial charge in [-0.25, -0.2) is 4.98 Å². The second kappa shape index (κ2) is 4.33. The Kier molecular flexibility index (Phi) is 2.59. The molecular weight excluding hydrogens is 288 g/mol. The minimum absolute atomic E-state index is 0.735. The number of aromatic nitrogens is 2. The van der Waals surface area contributed by atoms with Crippen LogP contribution in [0.2, 0.25) is 5.02 Å². The van der Waals surface area contributed by atoms with Crippen LogP contribution in [0.4, 0.5) is 0 Å². The van der Waals surface area contributed by atoms with Crippen molar-refractivity contribution in [2.24, 2.45) is 0 Å². The Labute approximate surface area is 125 Å². The molecule has 0 saturated heterocycles. The first kappa shape index (κ1) is 11.9. The van der Waals surface area contributed by atoms with Gasteiger partial charge in [0.05, 0.1) is 20.9 Å². The van der Waals surface area contributed by atoms with Crippen molar-refractivity contribution in [3.8, 4) is 11.3 Å². The minimum atomic E-state index is 0.735. The quantitative estimate of drug-likeness (QED) is 0.473. The van der Waals surface area contributed by atoms with Crippen molar-refractivity contribution in [1.29, 1.82) is 0 Å². The van der Waals surface area contributed by atoms with Gasteiger partial charge < -0.3 is 0 Å². The fourth-order valence-corrected chi connectivity index (χ4v) is 3.83. The smallest absolute Gasteiger partial charge is 0.195 e. The Morgan fingerprint density at radius 2 is 1.95 bits per heavy atom. The number of fused-ring (bicyclic) bond motifs is 3. The zero-order valence-corrected chi connectivity index (χ0v) is 12.4. The Morgan fingerprint density at radius 3 is 2.80 bits per heavy atom. The van der Waals surface area contributed by atoms with Crippen LogP contribution in [0, 0.1) is 6.92 Å². The number of halogens is 1. The van der Waals surface area contributed by atoms with Gasteiger partial charge in [-0.15, -0.1) is 0 Å². The largest absolute Gasteiger partial charge is 0.289 e. The maximum absolute atomic E-state index is 6.26. The van der Waals surface area contributed by atoms with Gasteiger partial charge in [-0.05, 0) is 24.6 Å². The van der Waals surface area contributed by atoms with Crippen molar-refractivity contribution >= 4 is 38.1 Å². The van der Waals surface area contributed by atoms with E-state index in [0.29, 0.717) is 0 Å². The van der Waals surface area contributed by atoms with Crippen molar-refractivity contribution in [2.75, 3.05) is 0 Å². The van der Waals surface area contributed by atoms with Crippen LogP contribution in [0.1, 0.15) is 5.56 Å². The molecule has 2 nitrogen and oxygen atoms in total. The normalized spacial score (nSPS) is 11.5. The first-order valence-electron chi connectivity index (χ1n) is 6.36. The highest BCUT2D eigenvalue weighted by molar-refractivity contribution is 7.23. The third-order valence-electron chi connectivity index (χ3n) is 3.47. The lowest BCUT2D eigenvalue weighted by Crippen LogP contribution is -1.81. The van der Waals surface area contributed by atoms with Crippen LogP contribution >= 0.6 is 22.9 Å². The van der Waals surface area contributed by atoms with Gasteiger partial charge in [-0.1, -0.05) is 53.3 Å². The van der Waals surface area contributed by atoms with Crippen LogP contribution in [0.25, 0.3) is 26.4 Å². The molecule has 0 radical (unpaired) electrons. The average molecular weight is 299 g/mol. The van der Waals surface area contributed by atoms with Crippen molar-refractivity contribution in [2.45, 2.75) is 6.92 Å². The van der Waals surface area contributed by atoms with Crippen LogP contribution in [0.5, 0.6) is 0 Å². The second-order valence-electron chi connectivity index (χ2n) is 4.78. The van der Waals surface area contributed by atoms with Gasteiger partial charge in [0, 0.05) is 11.8 Å². The van der Waals surface area contributed by atoms with Crippen LogP contribution < -0.4 is 0 Å². The molecule has 0 bridgehead atoms. The Balaban J connectivity index is 2.03. The average Bonchev–Trinajstić information content (AvgIpc) is 2.96. The summed E-state index contributed by atoms with van der Waals surface area (Å²) in [6.45, 7) is 2.13. The van der Waals surface area contributed by atoms with Crippen molar-refractivity contribution in [3.63, 3.8) is 0 Å². The number of thiazole rings is 1. The lowest BCUT2D eigenvalue weighted by molar-refractivity contribution is 1.27. The van der Waals surface area contributed by atoms with Gasteiger partial charge in [0.2, 0.25) is 0 Å². The summed E-state index contributed by atoms with van der Waals surface area (Å²) in [5.41, 5.74) is 4.40. The van der Waals surface area contributed by atoms with E-state index in [1.54, 1.807) is 11.3 Å². The molecule has 4 aromatic rings. The molecule has 0 aliphatic rings. The van der Waals surface area contributed by atoms with E-state index in [4.69, 9.17) is 16.6 Å². The number of hydrogen-bond donors (Lipinski definition) is 0. The zero-order chi connectivity index (χ0) is 13.7. The predicted octanol–water partition coefficient (Wildman–Crippen LogP) is 5.18. The highest BCUT2D eigenvalue weighted by Gasteiger charge is 2.12. The predicted molar refractivity (Wildman–Crippen MR) is 85.8 cm³/mol. The zero-order valence-electron chi connectivity index (χ0n) is 10.8. The third-order valence-corrected chi connectivity index (χ3v) is 4.82. The maximum atomic E-state index is 6.26. The summed E-state index contributed by atoms with van der Waals surface area (Å²) in [6.07, 6.45) is 2.07. The highest BCUT2D eigenvalue weighted by Crippen LogP contribution is 2.33. The van der Waals surface area contributed by atoms with Crippen LogP contribution in [0.3, 0.4) is 0 Å². The first-order chi connectivity index (χ1) is 9.74. The molecule has 0 aliphatic carbocycles. The lowest BCUT2D eigenvalue weighted by atomic mass is 10.2. The molecule has 0 aliphatic heterocycles. The van der Waals surface area contributed by atoms with Gasteiger partial charge in [0.15, 0.2) is 4.96 Å². The highest BCUT2D eigenvalue weighted by atomic mass is 35.5. The Morgan fingerprint density at radius 1 is 1.10 bits per heavy atom. The van der Waals surface area contributed by atoms with E-state index in [9.17, 15) is 0 Å². The van der Waals surface area contributed by atoms with E-state index in [2.05, 4.69) is 35.7 Å². The van der Waals surface area contributed by atoms with Gasteiger partial charge in [-0.2, -0.15) is 0 Å². The molecular formula is C16H11ClN2S. The molecule has 0 spiro atoms. The molecule has 4 rings (SSSR count). The summed E-state index contributed by atoms with van der Waals surface area (Å²) in [6, 6.07) is 14.2. The van der Waals surface area contributed by atoms with Crippen molar-refractivity contribution < 1.29 is 0 Å². The lowest BCUT2D eigenvalue weighted by Gasteiger charge is -1.99. The molecule has 2 aromatic carbocycles. The van der Waals surface area contributed by atoms with Gasteiger partial charge in [-0.3, -0.25) is 4.40 Å². The molecule has 0 amide bonds. The molecule has 0 saturated carbocycles. The molecule has 98 valence electrons. The van der Waals surface area contributed by atoms with Crippen LogP contribution in [-0.4, -0.2) is 9.38 Å². The van der Waals surface area contributed by atoms with E-state index in [0.717, 1.165) is 21.2 Å². The van der Waals surface area contributed by atoms with Gasteiger partial charge >= 0.3 is 0 Å². The fraction of sp³-hybridized carbons (Fsp3) is 0.0625. The number of hydrogen-bond acceptors (Lipinski definition) is 2. The summed E-state index contributed by atoms with van der Waals surface area (Å²) < 4.78 is 3.42. The molecule has 0 fully saturated rings. The van der Waals surface area contributed by atoms with E-state index in [1.165, 1.54) is 15.8 Å². The second-order valence-corrected chi connectivity index (χ2v) is 6.20. The number of benzene rings is 2. The molecule has 20 heavy (non-hydrogen) atoms. The monoisotopic (exact) mass is 298 g/mol. The summed E-state index contributed by atoms with van der Waals surface area (Å²) in [5.74, 6) is 0. The van der Waals surface area contributed by atoms with Crippen LogP contribution in [0.15, 0.2) is 48.7 Å². The molecule has 2 aromatic heterocycles. The van der Waals surface area contributed by atoms with Crippen LogP contribution in [-0.2, 0) is 0 Å². The van der Waals surface area contributed by atoms with E-state index >= 15 is 0 Å². The maximum Gasteiger partial charge on any atom is 0.195 e. The number of rotatable bonds is 1. The first-order valence-corrected chi connectivity index (χ1v) is 7.55. The molecule has 2 heterocycles. The number of imidazole rings is 1. The third kappa shape index (κ3) is 1.67. The van der Waals surface area contributed by atoms with Crippen molar-refractivity contribution in [3.05, 3.63) is 59.2 Å². The van der Waals surface area contributed by atoms with Gasteiger partial charge in [0.25, 0.3) is 0 Å². The fourth-order valence-electron chi connectivity index (χ4n) is 2.52.